The first-order valence-corrected chi connectivity index (χ1v) is 8.12. The first kappa shape index (κ1) is 16.4. The van der Waals surface area contributed by atoms with Crippen LogP contribution in [0.3, 0.4) is 0 Å². The van der Waals surface area contributed by atoms with E-state index in [4.69, 9.17) is 9.47 Å². The SMILES string of the molecule is COCCOc1cccc(C(=O)Nc2ccc(SC)cc2)c1. The average Bonchev–Trinajstić information content (AvgIpc) is 2.56. The second kappa shape index (κ2) is 8.46. The number of rotatable bonds is 7. The summed E-state index contributed by atoms with van der Waals surface area (Å²) in [6.07, 6.45) is 2.02. The zero-order valence-electron chi connectivity index (χ0n) is 12.7. The second-order valence-electron chi connectivity index (χ2n) is 4.55. The molecule has 0 saturated carbocycles. The number of hydrogen-bond acceptors (Lipinski definition) is 4. The molecule has 0 heterocycles. The van der Waals surface area contributed by atoms with Gasteiger partial charge in [-0.15, -0.1) is 11.8 Å². The third kappa shape index (κ3) is 4.79. The van der Waals surface area contributed by atoms with E-state index in [-0.39, 0.29) is 5.91 Å². The molecule has 0 bridgehead atoms. The summed E-state index contributed by atoms with van der Waals surface area (Å²) in [5, 5.41) is 2.88. The number of carbonyl (C=O) groups is 1. The third-order valence-electron chi connectivity index (χ3n) is 3.00. The first-order valence-electron chi connectivity index (χ1n) is 6.90. The van der Waals surface area contributed by atoms with Crippen LogP contribution in [0.2, 0.25) is 0 Å². The van der Waals surface area contributed by atoms with Crippen molar-refractivity contribution in [3.63, 3.8) is 0 Å². The van der Waals surface area contributed by atoms with Gasteiger partial charge in [-0.2, -0.15) is 0 Å². The molecule has 0 saturated heterocycles. The Hall–Kier alpha value is -1.98. The van der Waals surface area contributed by atoms with Gasteiger partial charge in [0.1, 0.15) is 12.4 Å². The van der Waals surface area contributed by atoms with Crippen molar-refractivity contribution in [2.75, 3.05) is 31.9 Å². The molecule has 0 spiro atoms. The van der Waals surface area contributed by atoms with Crippen LogP contribution >= 0.6 is 11.8 Å². The Labute approximate surface area is 134 Å². The van der Waals surface area contributed by atoms with Gasteiger partial charge < -0.3 is 14.8 Å². The molecular formula is C17H19NO3S. The topological polar surface area (TPSA) is 47.6 Å². The van der Waals surface area contributed by atoms with Crippen molar-refractivity contribution in [2.45, 2.75) is 4.90 Å². The van der Waals surface area contributed by atoms with Crippen LogP contribution < -0.4 is 10.1 Å². The number of thioether (sulfide) groups is 1. The van der Waals surface area contributed by atoms with Gasteiger partial charge >= 0.3 is 0 Å². The molecule has 0 aromatic heterocycles. The van der Waals surface area contributed by atoms with E-state index in [0.717, 1.165) is 10.6 Å². The molecule has 1 N–H and O–H groups in total. The van der Waals surface area contributed by atoms with Crippen LogP contribution in [0.15, 0.2) is 53.4 Å². The van der Waals surface area contributed by atoms with Gasteiger partial charge in [0.15, 0.2) is 0 Å². The molecule has 2 aromatic carbocycles. The summed E-state index contributed by atoms with van der Waals surface area (Å²) in [5.41, 5.74) is 1.33. The Bertz CT molecular complexity index is 614. The minimum Gasteiger partial charge on any atom is -0.491 e. The van der Waals surface area contributed by atoms with E-state index in [2.05, 4.69) is 5.32 Å². The third-order valence-corrected chi connectivity index (χ3v) is 3.74. The zero-order chi connectivity index (χ0) is 15.8. The molecular weight excluding hydrogens is 298 g/mol. The smallest absolute Gasteiger partial charge is 0.255 e. The van der Waals surface area contributed by atoms with E-state index >= 15 is 0 Å². The maximum Gasteiger partial charge on any atom is 0.255 e. The summed E-state index contributed by atoms with van der Waals surface area (Å²) in [6, 6.07) is 14.8. The van der Waals surface area contributed by atoms with Gasteiger partial charge in [0.2, 0.25) is 0 Å². The highest BCUT2D eigenvalue weighted by Gasteiger charge is 2.07. The van der Waals surface area contributed by atoms with Gasteiger partial charge in [-0.25, -0.2) is 0 Å². The van der Waals surface area contributed by atoms with E-state index < -0.39 is 0 Å². The molecule has 116 valence electrons. The first-order chi connectivity index (χ1) is 10.7. The van der Waals surface area contributed by atoms with Crippen molar-refractivity contribution in [3.05, 3.63) is 54.1 Å². The molecule has 4 nitrogen and oxygen atoms in total. The van der Waals surface area contributed by atoms with Crippen LogP contribution in [0, 0.1) is 0 Å². The molecule has 5 heteroatoms. The monoisotopic (exact) mass is 317 g/mol. The Kier molecular flexibility index (Phi) is 6.30. The molecule has 2 rings (SSSR count). The Morgan fingerprint density at radius 2 is 1.91 bits per heavy atom. The van der Waals surface area contributed by atoms with Crippen molar-refractivity contribution >= 4 is 23.4 Å². The predicted molar refractivity (Wildman–Crippen MR) is 90.0 cm³/mol. The number of hydrogen-bond donors (Lipinski definition) is 1. The molecule has 0 aliphatic rings. The molecule has 0 radical (unpaired) electrons. The highest BCUT2D eigenvalue weighted by Crippen LogP contribution is 2.19. The van der Waals surface area contributed by atoms with Crippen molar-refractivity contribution in [2.24, 2.45) is 0 Å². The van der Waals surface area contributed by atoms with E-state index in [1.54, 1.807) is 37.1 Å². The van der Waals surface area contributed by atoms with Crippen LogP contribution in [-0.2, 0) is 4.74 Å². The molecule has 1 amide bonds. The van der Waals surface area contributed by atoms with Crippen LogP contribution in [0.25, 0.3) is 0 Å². The van der Waals surface area contributed by atoms with Crippen LogP contribution in [0.5, 0.6) is 5.75 Å². The predicted octanol–water partition coefficient (Wildman–Crippen LogP) is 3.69. The minimum absolute atomic E-state index is 0.158. The highest BCUT2D eigenvalue weighted by molar-refractivity contribution is 7.98. The van der Waals surface area contributed by atoms with Crippen molar-refractivity contribution in [1.29, 1.82) is 0 Å². The number of methoxy groups -OCH3 is 1. The molecule has 0 aliphatic carbocycles. The van der Waals surface area contributed by atoms with E-state index in [9.17, 15) is 4.79 Å². The fourth-order valence-corrected chi connectivity index (χ4v) is 2.26. The molecule has 0 atom stereocenters. The lowest BCUT2D eigenvalue weighted by molar-refractivity contribution is 0.102. The molecule has 0 fully saturated rings. The Morgan fingerprint density at radius 3 is 2.59 bits per heavy atom. The lowest BCUT2D eigenvalue weighted by Gasteiger charge is -2.09. The van der Waals surface area contributed by atoms with Gasteiger partial charge in [-0.05, 0) is 48.7 Å². The number of benzene rings is 2. The number of amides is 1. The summed E-state index contributed by atoms with van der Waals surface area (Å²) in [6.45, 7) is 0.968. The Balaban J connectivity index is 2.00. The summed E-state index contributed by atoms with van der Waals surface area (Å²) in [5.74, 6) is 0.497. The van der Waals surface area contributed by atoms with Crippen molar-refractivity contribution in [1.82, 2.24) is 0 Å². The van der Waals surface area contributed by atoms with Crippen molar-refractivity contribution in [3.8, 4) is 5.75 Å². The molecule has 2 aromatic rings. The number of carbonyl (C=O) groups excluding carboxylic acids is 1. The summed E-state index contributed by atoms with van der Waals surface area (Å²) in [7, 11) is 1.62. The average molecular weight is 317 g/mol. The molecule has 0 unspecified atom stereocenters. The van der Waals surface area contributed by atoms with E-state index in [1.165, 1.54) is 0 Å². The summed E-state index contributed by atoms with van der Waals surface area (Å²) in [4.78, 5) is 13.4. The largest absolute Gasteiger partial charge is 0.491 e. The van der Waals surface area contributed by atoms with Crippen LogP contribution in [0.4, 0.5) is 5.69 Å². The Morgan fingerprint density at radius 1 is 1.14 bits per heavy atom. The highest BCUT2D eigenvalue weighted by atomic mass is 32.2. The normalized spacial score (nSPS) is 10.3. The minimum atomic E-state index is -0.158. The van der Waals surface area contributed by atoms with Crippen LogP contribution in [-0.4, -0.2) is 32.5 Å². The molecule has 0 aliphatic heterocycles. The lowest BCUT2D eigenvalue weighted by Crippen LogP contribution is -2.12. The standard InChI is InChI=1S/C17H19NO3S/c1-20-10-11-21-15-5-3-4-13(12-15)17(19)18-14-6-8-16(22-2)9-7-14/h3-9,12H,10-11H2,1-2H3,(H,18,19). The van der Waals surface area contributed by atoms with Gasteiger partial charge in [0.25, 0.3) is 5.91 Å². The molecule has 22 heavy (non-hydrogen) atoms. The van der Waals surface area contributed by atoms with E-state index in [1.807, 2.05) is 36.6 Å². The quantitative estimate of drug-likeness (QED) is 0.625. The summed E-state index contributed by atoms with van der Waals surface area (Å²) < 4.78 is 10.4. The fraction of sp³-hybridized carbons (Fsp3) is 0.235. The van der Waals surface area contributed by atoms with Gasteiger partial charge in [0.05, 0.1) is 6.61 Å². The maximum absolute atomic E-state index is 12.3. The number of nitrogens with one attached hydrogen (secondary N) is 1. The maximum atomic E-state index is 12.3. The van der Waals surface area contributed by atoms with Gasteiger partial charge in [0, 0.05) is 23.3 Å². The summed E-state index contributed by atoms with van der Waals surface area (Å²) >= 11 is 1.66. The van der Waals surface area contributed by atoms with Gasteiger partial charge in [-0.3, -0.25) is 4.79 Å². The van der Waals surface area contributed by atoms with Crippen molar-refractivity contribution < 1.29 is 14.3 Å². The van der Waals surface area contributed by atoms with Gasteiger partial charge in [-0.1, -0.05) is 6.07 Å². The van der Waals surface area contributed by atoms with E-state index in [0.29, 0.717) is 24.5 Å². The number of ether oxygens (including phenoxy) is 2. The fourth-order valence-electron chi connectivity index (χ4n) is 1.85. The van der Waals surface area contributed by atoms with Crippen LogP contribution in [0.1, 0.15) is 10.4 Å². The lowest BCUT2D eigenvalue weighted by atomic mass is 10.2. The number of anilines is 1. The zero-order valence-corrected chi connectivity index (χ0v) is 13.5. The second-order valence-corrected chi connectivity index (χ2v) is 5.43.